The molecule has 0 rings (SSSR count). The van der Waals surface area contributed by atoms with Crippen molar-refractivity contribution in [3.8, 4) is 0 Å². The van der Waals surface area contributed by atoms with Crippen LogP contribution in [0.4, 0.5) is 0 Å². The third-order valence-corrected chi connectivity index (χ3v) is 0.685. The van der Waals surface area contributed by atoms with Crippen LogP contribution in [0, 0.1) is 0 Å². The quantitative estimate of drug-likeness (QED) is 0.271. The highest BCUT2D eigenvalue weighted by molar-refractivity contribution is 6.06. The van der Waals surface area contributed by atoms with E-state index in [4.69, 9.17) is 11.8 Å². The zero-order chi connectivity index (χ0) is 4.99. The van der Waals surface area contributed by atoms with Crippen molar-refractivity contribution in [1.29, 1.82) is 0 Å². The summed E-state index contributed by atoms with van der Waals surface area (Å²) in [5.41, 5.74) is 0. The lowest BCUT2D eigenvalue weighted by Gasteiger charge is -1.65. The Labute approximate surface area is 41.2 Å². The van der Waals surface area contributed by atoms with Crippen LogP contribution < -0.4 is 0 Å². The van der Waals surface area contributed by atoms with Gasteiger partial charge in [-0.15, -0.1) is 0 Å². The van der Waals surface area contributed by atoms with E-state index in [2.05, 4.69) is 0 Å². The van der Waals surface area contributed by atoms with Crippen molar-refractivity contribution >= 4 is 17.9 Å². The van der Waals surface area contributed by atoms with Crippen LogP contribution in [-0.4, -0.2) is 16.7 Å². The highest BCUT2D eigenvalue weighted by Gasteiger charge is 1.87. The van der Waals surface area contributed by atoms with Crippen molar-refractivity contribution in [2.24, 2.45) is 0 Å². The molecule has 0 aliphatic heterocycles. The molecule has 0 atom stereocenters. The molecule has 0 heterocycles. The molecule has 6 heavy (non-hydrogen) atoms. The van der Waals surface area contributed by atoms with Gasteiger partial charge in [0.2, 0.25) is 0 Å². The monoisotopic (exact) mass is 106 g/mol. The summed E-state index contributed by atoms with van der Waals surface area (Å²) < 4.78 is 0.917. The fraction of sp³-hybridized carbons (Fsp3) is 0.667. The molecule has 0 fully saturated rings. The summed E-state index contributed by atoms with van der Waals surface area (Å²) in [6.07, 6.45) is 1.46. The lowest BCUT2D eigenvalue weighted by atomic mass is 10.8. The second-order valence-corrected chi connectivity index (χ2v) is 1.18. The van der Waals surface area contributed by atoms with Gasteiger partial charge >= 0.3 is 6.08 Å². The number of carbonyl (C=O) groups excluding carboxylic acids is 1. The second kappa shape index (κ2) is 2.88. The molecule has 0 saturated carbocycles. The van der Waals surface area contributed by atoms with Crippen LogP contribution in [0.25, 0.3) is 0 Å². The third kappa shape index (κ3) is 1.94. The Morgan fingerprint density at radius 1 is 2.00 bits per heavy atom. The van der Waals surface area contributed by atoms with Crippen molar-refractivity contribution in [3.05, 3.63) is 0 Å². The molecule has 0 spiro atoms. The summed E-state index contributed by atoms with van der Waals surface area (Å²) in [6.45, 7) is 2.27. The van der Waals surface area contributed by atoms with E-state index in [1.54, 1.807) is 6.92 Å². The van der Waals surface area contributed by atoms with E-state index >= 15 is 0 Å². The Morgan fingerprint density at radius 2 is 2.50 bits per heavy atom. The van der Waals surface area contributed by atoms with Gasteiger partial charge in [-0.3, -0.25) is 0 Å². The van der Waals surface area contributed by atoms with Crippen LogP contribution >= 0.6 is 11.8 Å². The molecule has 0 bridgehead atoms. The van der Waals surface area contributed by atoms with Crippen LogP contribution in [0.3, 0.4) is 0 Å². The van der Waals surface area contributed by atoms with Gasteiger partial charge in [-0.1, -0.05) is 0 Å². The third-order valence-electron chi connectivity index (χ3n) is 0.377. The van der Waals surface area contributed by atoms with Crippen molar-refractivity contribution < 1.29 is 8.89 Å². The fourth-order valence-corrected chi connectivity index (χ4v) is 0.0645. The Morgan fingerprint density at radius 3 is 2.50 bits per heavy atom. The van der Waals surface area contributed by atoms with E-state index in [0.717, 1.165) is 4.09 Å². The molecule has 0 aromatic carbocycles. The standard InChI is InChI=1S/C3H5ClNO/c1-2-5(4)3-6/h2H2,1H3/q+1. The lowest BCUT2D eigenvalue weighted by molar-refractivity contribution is -0.363. The number of rotatable bonds is 1. The van der Waals surface area contributed by atoms with Gasteiger partial charge < -0.3 is 0 Å². The minimum atomic E-state index is 0.505. The Hall–Kier alpha value is -0.330. The largest absolute Gasteiger partial charge is 0.446 e. The molecule has 0 radical (unpaired) electrons. The SMILES string of the molecule is CC[N+](Cl)=C=O. The first-order valence-corrected chi connectivity index (χ1v) is 1.96. The Kier molecular flexibility index (Phi) is 2.73. The second-order valence-electron chi connectivity index (χ2n) is 0.770. The summed E-state index contributed by atoms with van der Waals surface area (Å²) in [5, 5.41) is 0. The van der Waals surface area contributed by atoms with Crippen LogP contribution in [0.5, 0.6) is 0 Å². The molecule has 0 aliphatic rings. The zero-order valence-corrected chi connectivity index (χ0v) is 4.20. The van der Waals surface area contributed by atoms with E-state index in [9.17, 15) is 4.79 Å². The fourth-order valence-electron chi connectivity index (χ4n) is 0.0645. The topological polar surface area (TPSA) is 20.1 Å². The average Bonchev–Trinajstić information content (AvgIpc) is 1.65. The summed E-state index contributed by atoms with van der Waals surface area (Å²) >= 11 is 5.06. The minimum Gasteiger partial charge on any atom is -0.158 e. The summed E-state index contributed by atoms with van der Waals surface area (Å²) in [6, 6.07) is 0. The van der Waals surface area contributed by atoms with Gasteiger partial charge in [0.05, 0.1) is 0 Å². The molecule has 0 aromatic rings. The van der Waals surface area contributed by atoms with Gasteiger partial charge in [-0.2, -0.15) is 4.79 Å². The Bertz CT molecular complexity index is 84.8. The van der Waals surface area contributed by atoms with Crippen LogP contribution in [0.2, 0.25) is 0 Å². The lowest BCUT2D eigenvalue weighted by Crippen LogP contribution is -1.91. The van der Waals surface area contributed by atoms with Crippen LogP contribution in [0.15, 0.2) is 0 Å². The first kappa shape index (κ1) is 5.67. The van der Waals surface area contributed by atoms with Gasteiger partial charge in [0.15, 0.2) is 6.54 Å². The summed E-state index contributed by atoms with van der Waals surface area (Å²) in [7, 11) is 0. The van der Waals surface area contributed by atoms with Crippen molar-refractivity contribution in [2.45, 2.75) is 6.92 Å². The number of halogens is 1. The molecule has 0 aliphatic carbocycles. The average molecular weight is 107 g/mol. The van der Waals surface area contributed by atoms with Crippen molar-refractivity contribution in [2.75, 3.05) is 6.54 Å². The van der Waals surface area contributed by atoms with E-state index in [-0.39, 0.29) is 0 Å². The van der Waals surface area contributed by atoms with Gasteiger partial charge in [0, 0.05) is 0 Å². The van der Waals surface area contributed by atoms with E-state index in [0.29, 0.717) is 6.54 Å². The summed E-state index contributed by atoms with van der Waals surface area (Å²) in [4.78, 5) is 9.40. The maximum absolute atomic E-state index is 9.40. The first-order chi connectivity index (χ1) is 2.81. The molecule has 0 N–H and O–H groups in total. The number of isocyanates is 1. The minimum absolute atomic E-state index is 0.505. The highest BCUT2D eigenvalue weighted by Crippen LogP contribution is 1.71. The van der Waals surface area contributed by atoms with Crippen molar-refractivity contribution in [1.82, 2.24) is 0 Å². The molecule has 34 valence electrons. The number of nitrogens with zero attached hydrogens (tertiary/aromatic N) is 1. The number of hydrogen-bond acceptors (Lipinski definition) is 1. The van der Waals surface area contributed by atoms with Crippen molar-refractivity contribution in [3.63, 3.8) is 0 Å². The molecule has 0 amide bonds. The predicted molar refractivity (Wildman–Crippen MR) is 22.3 cm³/mol. The number of hydrogen-bond donors (Lipinski definition) is 0. The maximum atomic E-state index is 9.40. The van der Waals surface area contributed by atoms with Gasteiger partial charge in [-0.25, -0.2) is 0 Å². The van der Waals surface area contributed by atoms with E-state index in [1.807, 2.05) is 0 Å². The van der Waals surface area contributed by atoms with Crippen LogP contribution in [0.1, 0.15) is 6.92 Å². The predicted octanol–water partition coefficient (Wildman–Crippen LogP) is 0.508. The normalized spacial score (nSPS) is 7.00. The summed E-state index contributed by atoms with van der Waals surface area (Å²) in [5.74, 6) is 0. The Balaban J connectivity index is 3.52. The molecule has 0 aromatic heterocycles. The molecule has 0 unspecified atom stereocenters. The van der Waals surface area contributed by atoms with Gasteiger partial charge in [0.1, 0.15) is 0 Å². The van der Waals surface area contributed by atoms with Crippen LogP contribution in [-0.2, 0) is 4.79 Å². The van der Waals surface area contributed by atoms with Gasteiger partial charge in [-0.05, 0) is 11.0 Å². The highest BCUT2D eigenvalue weighted by atomic mass is 35.5. The molecular weight excluding hydrogens is 101 g/mol. The maximum Gasteiger partial charge on any atom is 0.446 e. The van der Waals surface area contributed by atoms with E-state index in [1.165, 1.54) is 6.08 Å². The van der Waals surface area contributed by atoms with Gasteiger partial charge in [0.25, 0.3) is 11.8 Å². The molecule has 3 heteroatoms. The molecular formula is C3H5ClNO+. The zero-order valence-electron chi connectivity index (χ0n) is 3.44. The van der Waals surface area contributed by atoms with E-state index < -0.39 is 0 Å². The molecule has 2 nitrogen and oxygen atoms in total. The molecule has 0 saturated heterocycles. The first-order valence-electron chi connectivity index (χ1n) is 1.62. The smallest absolute Gasteiger partial charge is 0.158 e.